The number of nitrogens with one attached hydrogen (secondary N) is 4. The van der Waals surface area contributed by atoms with Gasteiger partial charge in [0.05, 0.1) is 0 Å². The van der Waals surface area contributed by atoms with Crippen LogP contribution in [0.1, 0.15) is 42.6 Å². The second-order valence-corrected chi connectivity index (χ2v) is 8.97. The van der Waals surface area contributed by atoms with Gasteiger partial charge in [0.25, 0.3) is 5.91 Å². The molecule has 32 heavy (non-hydrogen) atoms. The molecule has 1 aliphatic carbocycles. The zero-order valence-electron chi connectivity index (χ0n) is 17.4. The molecule has 6 N–H and O–H groups in total. The molecular formula is C22H26ClN5O4. The fourth-order valence-corrected chi connectivity index (χ4v) is 4.30. The monoisotopic (exact) mass is 459 g/mol. The number of H-pyrrole nitrogens is 1. The summed E-state index contributed by atoms with van der Waals surface area (Å²) in [6.45, 7) is 0.539. The van der Waals surface area contributed by atoms with Crippen molar-refractivity contribution in [3.8, 4) is 0 Å². The standard InChI is InChI=1S/C22H26ClN5O4/c23-14-2-1-3-15-13(14)10-18(26-15)22(32)28-17(8-11-4-5-11)21(31)27-16(19(24)29)9-12-6-7-25-20(12)30/h1-3,10-12,16-17,26H,4-9H2,(H2,24,29)(H,25,30)(H,27,31)(H,28,32)/t12-,16-,17-/m0/s1. The van der Waals surface area contributed by atoms with Gasteiger partial charge >= 0.3 is 0 Å². The molecule has 9 nitrogen and oxygen atoms in total. The van der Waals surface area contributed by atoms with E-state index in [1.54, 1.807) is 18.2 Å². The van der Waals surface area contributed by atoms with E-state index in [4.69, 9.17) is 17.3 Å². The van der Waals surface area contributed by atoms with Crippen molar-refractivity contribution in [1.29, 1.82) is 0 Å². The molecule has 2 aromatic rings. The molecule has 1 aromatic carbocycles. The Morgan fingerprint density at radius 2 is 1.91 bits per heavy atom. The van der Waals surface area contributed by atoms with Crippen LogP contribution < -0.4 is 21.7 Å². The van der Waals surface area contributed by atoms with Gasteiger partial charge in [0.2, 0.25) is 17.7 Å². The highest BCUT2D eigenvalue weighted by Crippen LogP contribution is 2.33. The molecule has 3 atom stereocenters. The number of hydrogen-bond acceptors (Lipinski definition) is 4. The molecule has 2 fully saturated rings. The molecule has 170 valence electrons. The van der Waals surface area contributed by atoms with Crippen molar-refractivity contribution < 1.29 is 19.2 Å². The fraction of sp³-hybridized carbons (Fsp3) is 0.455. The summed E-state index contributed by atoms with van der Waals surface area (Å²) < 4.78 is 0. The van der Waals surface area contributed by atoms with Crippen molar-refractivity contribution in [3.05, 3.63) is 35.0 Å². The summed E-state index contributed by atoms with van der Waals surface area (Å²) in [5.74, 6) is -1.81. The molecule has 2 heterocycles. The van der Waals surface area contributed by atoms with Crippen LogP contribution in [-0.4, -0.2) is 47.2 Å². The molecule has 1 aliphatic heterocycles. The minimum absolute atomic E-state index is 0.136. The van der Waals surface area contributed by atoms with Gasteiger partial charge < -0.3 is 26.7 Å². The summed E-state index contributed by atoms with van der Waals surface area (Å²) >= 11 is 6.19. The lowest BCUT2D eigenvalue weighted by molar-refractivity contribution is -0.130. The smallest absolute Gasteiger partial charge is 0.268 e. The van der Waals surface area contributed by atoms with E-state index in [0.717, 1.165) is 18.4 Å². The minimum atomic E-state index is -0.984. The summed E-state index contributed by atoms with van der Waals surface area (Å²) in [4.78, 5) is 52.7. The van der Waals surface area contributed by atoms with Gasteiger partial charge in [-0.25, -0.2) is 0 Å². The lowest BCUT2D eigenvalue weighted by atomic mass is 9.97. The molecule has 1 saturated heterocycles. The highest BCUT2D eigenvalue weighted by molar-refractivity contribution is 6.35. The van der Waals surface area contributed by atoms with Crippen LogP contribution in [0.5, 0.6) is 0 Å². The van der Waals surface area contributed by atoms with Crippen LogP contribution >= 0.6 is 11.6 Å². The predicted octanol–water partition coefficient (Wildman–Crippen LogP) is 1.22. The lowest BCUT2D eigenvalue weighted by Crippen LogP contribution is -2.53. The molecule has 1 aromatic heterocycles. The van der Waals surface area contributed by atoms with E-state index < -0.39 is 29.8 Å². The van der Waals surface area contributed by atoms with Gasteiger partial charge in [-0.3, -0.25) is 19.2 Å². The predicted molar refractivity (Wildman–Crippen MR) is 119 cm³/mol. The molecule has 2 aliphatic rings. The quantitative estimate of drug-likeness (QED) is 0.383. The molecule has 0 bridgehead atoms. The fourth-order valence-electron chi connectivity index (χ4n) is 4.07. The summed E-state index contributed by atoms with van der Waals surface area (Å²) in [7, 11) is 0. The Balaban J connectivity index is 1.45. The number of primary amides is 1. The maximum absolute atomic E-state index is 13.0. The molecule has 10 heteroatoms. The number of rotatable bonds is 9. The average molecular weight is 460 g/mol. The summed E-state index contributed by atoms with van der Waals surface area (Å²) in [5.41, 5.74) is 6.49. The zero-order valence-corrected chi connectivity index (χ0v) is 18.2. The molecule has 4 amide bonds. The van der Waals surface area contributed by atoms with Crippen molar-refractivity contribution in [1.82, 2.24) is 20.9 Å². The van der Waals surface area contributed by atoms with Crippen LogP contribution in [0.3, 0.4) is 0 Å². The Morgan fingerprint density at radius 1 is 1.12 bits per heavy atom. The third-order valence-electron chi connectivity index (χ3n) is 6.09. The number of benzene rings is 1. The van der Waals surface area contributed by atoms with Gasteiger partial charge in [-0.05, 0) is 43.4 Å². The number of fused-ring (bicyclic) bond motifs is 1. The van der Waals surface area contributed by atoms with Crippen LogP contribution in [0.15, 0.2) is 24.3 Å². The summed E-state index contributed by atoms with van der Waals surface area (Å²) in [5, 5.41) is 9.37. The van der Waals surface area contributed by atoms with E-state index in [0.29, 0.717) is 35.7 Å². The average Bonchev–Trinajstić information content (AvgIpc) is 3.30. The number of aromatic nitrogens is 1. The van der Waals surface area contributed by atoms with Crippen LogP contribution in [0.4, 0.5) is 0 Å². The largest absolute Gasteiger partial charge is 0.368 e. The third kappa shape index (κ3) is 5.04. The van der Waals surface area contributed by atoms with Crippen molar-refractivity contribution in [2.45, 2.75) is 44.2 Å². The van der Waals surface area contributed by atoms with Gasteiger partial charge in [0, 0.05) is 28.4 Å². The Morgan fingerprint density at radius 3 is 2.53 bits per heavy atom. The normalized spacial score (nSPS) is 19.9. The van der Waals surface area contributed by atoms with E-state index >= 15 is 0 Å². The Labute approximate surface area is 189 Å². The van der Waals surface area contributed by atoms with Gasteiger partial charge in [0.1, 0.15) is 17.8 Å². The van der Waals surface area contributed by atoms with E-state index in [1.165, 1.54) is 0 Å². The Hall–Kier alpha value is -3.07. The van der Waals surface area contributed by atoms with Gasteiger partial charge in [-0.15, -0.1) is 0 Å². The van der Waals surface area contributed by atoms with Crippen LogP contribution in [0.2, 0.25) is 5.02 Å². The third-order valence-corrected chi connectivity index (χ3v) is 6.42. The van der Waals surface area contributed by atoms with Gasteiger partial charge in [-0.2, -0.15) is 0 Å². The first-order valence-electron chi connectivity index (χ1n) is 10.8. The molecule has 0 spiro atoms. The number of nitrogens with two attached hydrogens (primary N) is 1. The SMILES string of the molecule is NC(=O)[C@H](C[C@@H]1CCNC1=O)NC(=O)[C@H](CC1CC1)NC(=O)c1cc2c(Cl)cccc2[nH]1. The van der Waals surface area contributed by atoms with Crippen LogP contribution in [0, 0.1) is 11.8 Å². The number of hydrogen-bond donors (Lipinski definition) is 5. The van der Waals surface area contributed by atoms with Crippen LogP contribution in [-0.2, 0) is 14.4 Å². The lowest BCUT2D eigenvalue weighted by Gasteiger charge is -2.23. The highest BCUT2D eigenvalue weighted by Gasteiger charge is 2.34. The first-order chi connectivity index (χ1) is 15.3. The van der Waals surface area contributed by atoms with Gasteiger partial charge in [-0.1, -0.05) is 30.5 Å². The summed E-state index contributed by atoms with van der Waals surface area (Å²) in [6, 6.07) is 5.16. The molecule has 0 radical (unpaired) electrons. The molecule has 4 rings (SSSR count). The number of amides is 4. The summed E-state index contributed by atoms with van der Waals surface area (Å²) in [6.07, 6.45) is 3.17. The van der Waals surface area contributed by atoms with E-state index in [9.17, 15) is 19.2 Å². The minimum Gasteiger partial charge on any atom is -0.368 e. The maximum atomic E-state index is 13.0. The second-order valence-electron chi connectivity index (χ2n) is 8.57. The van der Waals surface area contributed by atoms with Crippen molar-refractivity contribution >= 4 is 46.1 Å². The zero-order chi connectivity index (χ0) is 22.8. The van der Waals surface area contributed by atoms with E-state index in [2.05, 4.69) is 20.9 Å². The maximum Gasteiger partial charge on any atom is 0.268 e. The molecule has 0 unspecified atom stereocenters. The highest BCUT2D eigenvalue weighted by atomic mass is 35.5. The molecular weight excluding hydrogens is 434 g/mol. The first kappa shape index (κ1) is 22.1. The van der Waals surface area contributed by atoms with E-state index in [-0.39, 0.29) is 23.9 Å². The van der Waals surface area contributed by atoms with Gasteiger partial charge in [0.15, 0.2) is 0 Å². The Bertz CT molecular complexity index is 1060. The number of halogens is 1. The van der Waals surface area contributed by atoms with Crippen LogP contribution in [0.25, 0.3) is 10.9 Å². The van der Waals surface area contributed by atoms with Crippen molar-refractivity contribution in [2.75, 3.05) is 6.54 Å². The van der Waals surface area contributed by atoms with Crippen molar-refractivity contribution in [3.63, 3.8) is 0 Å². The first-order valence-corrected chi connectivity index (χ1v) is 11.1. The molecule has 1 saturated carbocycles. The topological polar surface area (TPSA) is 146 Å². The second kappa shape index (κ2) is 9.20. The Kier molecular flexibility index (Phi) is 6.36. The van der Waals surface area contributed by atoms with Crippen molar-refractivity contribution in [2.24, 2.45) is 17.6 Å². The number of aromatic amines is 1. The van der Waals surface area contributed by atoms with E-state index in [1.807, 2.05) is 6.07 Å². The number of carbonyl (C=O) groups excluding carboxylic acids is 4. The number of carbonyl (C=O) groups is 4.